The summed E-state index contributed by atoms with van der Waals surface area (Å²) in [5.74, 6) is -0.423. The van der Waals surface area contributed by atoms with Crippen LogP contribution in [0.15, 0.2) is 18.3 Å². The maximum absolute atomic E-state index is 11.1. The molecule has 120 valence electrons. The average Bonchev–Trinajstić information content (AvgIpc) is 2.76. The van der Waals surface area contributed by atoms with Gasteiger partial charge in [-0.3, -0.25) is 0 Å². The molecule has 2 aromatic rings. The van der Waals surface area contributed by atoms with Crippen molar-refractivity contribution in [1.82, 2.24) is 14.6 Å². The molecule has 0 aliphatic heterocycles. The Hall–Kier alpha value is -2.27. The highest BCUT2D eigenvalue weighted by atomic mass is 32.2. The van der Waals surface area contributed by atoms with Crippen LogP contribution in [0.3, 0.4) is 0 Å². The zero-order chi connectivity index (χ0) is 16.5. The van der Waals surface area contributed by atoms with Crippen molar-refractivity contribution < 1.29 is 18.1 Å². The normalized spacial score (nSPS) is 12.5. The fraction of sp³-hybridized carbons (Fsp3) is 0.455. The number of nitrogens with zero attached hydrogens (tertiary/aromatic N) is 4. The molecule has 0 radical (unpaired) electrons. The van der Waals surface area contributed by atoms with E-state index in [9.17, 15) is 18.5 Å². The van der Waals surface area contributed by atoms with Gasteiger partial charge in [0.05, 0.1) is 12.4 Å². The third kappa shape index (κ3) is 3.89. The molecule has 0 aliphatic rings. The Kier molecular flexibility index (Phi) is 4.02. The third-order valence-corrected chi connectivity index (χ3v) is 3.89. The summed E-state index contributed by atoms with van der Waals surface area (Å²) >= 11 is 0. The Morgan fingerprint density at radius 2 is 2.14 bits per heavy atom. The molecule has 2 aromatic heterocycles. The molecule has 0 aliphatic carbocycles. The number of primary sulfonamides is 1. The van der Waals surface area contributed by atoms with E-state index in [-0.39, 0.29) is 24.1 Å². The first-order valence-electron chi connectivity index (χ1n) is 6.20. The molecule has 0 saturated carbocycles. The first-order chi connectivity index (χ1) is 10.1. The maximum Gasteiger partial charge on any atom is 0.368 e. The lowest BCUT2D eigenvalue weighted by Crippen LogP contribution is -2.33. The third-order valence-electron chi connectivity index (χ3n) is 2.71. The van der Waals surface area contributed by atoms with Crippen LogP contribution < -0.4 is 9.88 Å². The minimum Gasteiger partial charge on any atom is -0.475 e. The Morgan fingerprint density at radius 3 is 2.73 bits per heavy atom. The van der Waals surface area contributed by atoms with E-state index in [1.807, 2.05) is 0 Å². The quantitative estimate of drug-likeness (QED) is 0.594. The molecular formula is C11H15N5O5S. The Morgan fingerprint density at radius 1 is 1.45 bits per heavy atom. The molecule has 2 heterocycles. The van der Waals surface area contributed by atoms with Crippen LogP contribution in [0.5, 0.6) is 5.88 Å². The highest BCUT2D eigenvalue weighted by molar-refractivity contribution is 7.89. The maximum atomic E-state index is 11.1. The molecule has 0 saturated heterocycles. The van der Waals surface area contributed by atoms with Crippen molar-refractivity contribution in [2.75, 3.05) is 12.4 Å². The van der Waals surface area contributed by atoms with Gasteiger partial charge in [-0.2, -0.15) is 0 Å². The number of nitrogens with two attached hydrogens (primary N) is 1. The fourth-order valence-electron chi connectivity index (χ4n) is 1.90. The van der Waals surface area contributed by atoms with Gasteiger partial charge in [0, 0.05) is 17.5 Å². The molecule has 10 nitrogen and oxygen atoms in total. The molecule has 0 unspecified atom stereocenters. The van der Waals surface area contributed by atoms with Crippen LogP contribution in [-0.2, 0) is 10.0 Å². The van der Waals surface area contributed by atoms with E-state index in [4.69, 9.17) is 9.88 Å². The first-order valence-corrected chi connectivity index (χ1v) is 7.91. The van der Waals surface area contributed by atoms with Gasteiger partial charge in [0.1, 0.15) is 6.20 Å². The van der Waals surface area contributed by atoms with Gasteiger partial charge in [-0.05, 0) is 10.0 Å². The van der Waals surface area contributed by atoms with Crippen molar-refractivity contribution in [3.8, 4) is 5.88 Å². The van der Waals surface area contributed by atoms with Gasteiger partial charge < -0.3 is 14.9 Å². The number of imidazole rings is 1. The molecule has 0 spiro atoms. The number of rotatable bonds is 6. The highest BCUT2D eigenvalue weighted by Gasteiger charge is 2.26. The average molecular weight is 329 g/mol. The van der Waals surface area contributed by atoms with Crippen molar-refractivity contribution in [2.24, 2.45) is 10.6 Å². The number of hydrogen-bond acceptors (Lipinski definition) is 7. The summed E-state index contributed by atoms with van der Waals surface area (Å²) in [4.78, 5) is 14.1. The van der Waals surface area contributed by atoms with Crippen molar-refractivity contribution in [3.05, 3.63) is 28.4 Å². The van der Waals surface area contributed by atoms with E-state index < -0.39 is 20.4 Å². The smallest absolute Gasteiger partial charge is 0.368 e. The number of sulfonamides is 1. The zero-order valence-corrected chi connectivity index (χ0v) is 12.8. The van der Waals surface area contributed by atoms with Gasteiger partial charge >= 0.3 is 5.82 Å². The lowest BCUT2D eigenvalue weighted by atomic mass is 9.98. The van der Waals surface area contributed by atoms with Crippen molar-refractivity contribution in [3.63, 3.8) is 0 Å². The van der Waals surface area contributed by atoms with Crippen LogP contribution in [0.4, 0.5) is 5.82 Å². The first kappa shape index (κ1) is 16.1. The van der Waals surface area contributed by atoms with Crippen molar-refractivity contribution in [1.29, 1.82) is 0 Å². The molecule has 2 rings (SSSR count). The lowest BCUT2D eigenvalue weighted by Gasteiger charge is -2.22. The van der Waals surface area contributed by atoms with Gasteiger partial charge in [-0.25, -0.2) is 18.5 Å². The SMILES string of the molecule is CC(C)(COc1ccc2ncc([N+](=O)[O-])n2n1)CS(N)(=O)=O. The monoisotopic (exact) mass is 329 g/mol. The minimum atomic E-state index is -3.63. The van der Waals surface area contributed by atoms with E-state index >= 15 is 0 Å². The van der Waals surface area contributed by atoms with Crippen LogP contribution in [-0.4, -0.2) is 40.3 Å². The molecule has 0 atom stereocenters. The van der Waals surface area contributed by atoms with E-state index in [0.29, 0.717) is 5.65 Å². The summed E-state index contributed by atoms with van der Waals surface area (Å²) in [7, 11) is -3.63. The van der Waals surface area contributed by atoms with Crippen LogP contribution in [0.1, 0.15) is 13.8 Å². The second-order valence-corrected chi connectivity index (χ2v) is 7.19. The highest BCUT2D eigenvalue weighted by Crippen LogP contribution is 2.20. The predicted octanol–water partition coefficient (Wildman–Crippen LogP) is 0.331. The molecule has 2 N–H and O–H groups in total. The number of hydrogen-bond donors (Lipinski definition) is 1. The zero-order valence-electron chi connectivity index (χ0n) is 12.0. The van der Waals surface area contributed by atoms with Crippen LogP contribution in [0.2, 0.25) is 0 Å². The molecule has 11 heteroatoms. The molecule has 22 heavy (non-hydrogen) atoms. The Balaban J connectivity index is 2.18. The van der Waals surface area contributed by atoms with Crippen LogP contribution in [0, 0.1) is 15.5 Å². The predicted molar refractivity (Wildman–Crippen MR) is 76.9 cm³/mol. The Labute approximate surface area is 126 Å². The minimum absolute atomic E-state index is 0.0322. The van der Waals surface area contributed by atoms with E-state index in [1.165, 1.54) is 12.1 Å². The topological polar surface area (TPSA) is 143 Å². The van der Waals surface area contributed by atoms with Gasteiger partial charge in [0.15, 0.2) is 0 Å². The second-order valence-electron chi connectivity index (χ2n) is 5.58. The van der Waals surface area contributed by atoms with Gasteiger partial charge in [-0.1, -0.05) is 18.4 Å². The summed E-state index contributed by atoms with van der Waals surface area (Å²) < 4.78 is 28.7. The molecule has 0 bridgehead atoms. The number of aromatic nitrogens is 3. The molecule has 0 aromatic carbocycles. The summed E-state index contributed by atoms with van der Waals surface area (Å²) in [6.45, 7) is 3.38. The van der Waals surface area contributed by atoms with Crippen LogP contribution in [0.25, 0.3) is 5.65 Å². The summed E-state index contributed by atoms with van der Waals surface area (Å²) in [5.41, 5.74) is -0.423. The molecule has 0 fully saturated rings. The lowest BCUT2D eigenvalue weighted by molar-refractivity contribution is -0.391. The van der Waals surface area contributed by atoms with Gasteiger partial charge in [0.2, 0.25) is 15.7 Å². The number of nitro groups is 1. The van der Waals surface area contributed by atoms with Gasteiger partial charge in [0.25, 0.3) is 5.88 Å². The van der Waals surface area contributed by atoms with E-state index in [0.717, 1.165) is 10.7 Å². The molecular weight excluding hydrogens is 314 g/mol. The largest absolute Gasteiger partial charge is 0.475 e. The Bertz CT molecular complexity index is 813. The van der Waals surface area contributed by atoms with E-state index in [2.05, 4.69) is 10.1 Å². The summed E-state index contributed by atoms with van der Waals surface area (Å²) in [6, 6.07) is 3.01. The van der Waals surface area contributed by atoms with Crippen LogP contribution >= 0.6 is 0 Å². The number of ether oxygens (including phenoxy) is 1. The standard InChI is InChI=1S/C11H15N5O5S/c1-11(2,7-22(12,19)20)6-21-9-4-3-8-13-5-10(16(17)18)15(8)14-9/h3-5H,6-7H2,1-2H3,(H2,12,19,20). The summed E-state index contributed by atoms with van der Waals surface area (Å²) in [6.07, 6.45) is 1.09. The summed E-state index contributed by atoms with van der Waals surface area (Å²) in [5, 5.41) is 19.8. The molecule has 0 amide bonds. The number of fused-ring (bicyclic) bond motifs is 1. The van der Waals surface area contributed by atoms with Crippen molar-refractivity contribution >= 4 is 21.5 Å². The van der Waals surface area contributed by atoms with Crippen molar-refractivity contribution in [2.45, 2.75) is 13.8 Å². The van der Waals surface area contributed by atoms with Gasteiger partial charge in [-0.15, -0.1) is 0 Å². The fourth-order valence-corrected chi connectivity index (χ4v) is 3.07. The second kappa shape index (κ2) is 5.50. The van der Waals surface area contributed by atoms with E-state index in [1.54, 1.807) is 13.8 Å².